The summed E-state index contributed by atoms with van der Waals surface area (Å²) in [4.78, 5) is 12.1. The molecule has 1 rings (SSSR count). The largest absolute Gasteiger partial charge is 0.461 e. The molecule has 0 aliphatic heterocycles. The molecular formula is C12H20F3N5O. The molecule has 21 heavy (non-hydrogen) atoms. The molecule has 0 saturated heterocycles. The fourth-order valence-electron chi connectivity index (χ4n) is 1.46. The van der Waals surface area contributed by atoms with Gasteiger partial charge in [-0.2, -0.15) is 28.1 Å². The average Bonchev–Trinajstić information content (AvgIpc) is 2.35. The predicted octanol–water partition coefficient (Wildman–Crippen LogP) is 2.85. The van der Waals surface area contributed by atoms with E-state index < -0.39 is 12.6 Å². The number of nitrogens with one attached hydrogen (secondary N) is 2. The van der Waals surface area contributed by atoms with Gasteiger partial charge in [0.15, 0.2) is 0 Å². The minimum atomic E-state index is -4.11. The molecule has 0 spiro atoms. The van der Waals surface area contributed by atoms with Crippen LogP contribution in [0.5, 0.6) is 6.01 Å². The van der Waals surface area contributed by atoms with Crippen molar-refractivity contribution in [2.24, 2.45) is 0 Å². The molecule has 0 aliphatic carbocycles. The molecule has 9 heteroatoms. The summed E-state index contributed by atoms with van der Waals surface area (Å²) < 4.78 is 41.4. The van der Waals surface area contributed by atoms with Crippen molar-refractivity contribution in [2.75, 3.05) is 24.2 Å². The molecule has 0 unspecified atom stereocenters. The molecule has 0 bridgehead atoms. The van der Waals surface area contributed by atoms with Gasteiger partial charge in [-0.3, -0.25) is 0 Å². The Bertz CT molecular complexity index is 439. The second kappa shape index (κ2) is 7.84. The van der Waals surface area contributed by atoms with Crippen molar-refractivity contribution in [3.05, 3.63) is 0 Å². The number of hydrogen-bond donors (Lipinski definition) is 2. The van der Waals surface area contributed by atoms with Gasteiger partial charge < -0.3 is 15.4 Å². The van der Waals surface area contributed by atoms with Gasteiger partial charge in [0.25, 0.3) is 0 Å². The monoisotopic (exact) mass is 307 g/mol. The number of hydrogen-bond acceptors (Lipinski definition) is 6. The van der Waals surface area contributed by atoms with E-state index in [0.29, 0.717) is 18.9 Å². The van der Waals surface area contributed by atoms with Gasteiger partial charge in [-0.1, -0.05) is 0 Å². The van der Waals surface area contributed by atoms with E-state index in [1.54, 1.807) is 7.05 Å². The zero-order valence-electron chi connectivity index (χ0n) is 12.3. The van der Waals surface area contributed by atoms with Gasteiger partial charge in [0.2, 0.25) is 11.9 Å². The number of ether oxygens (including phenoxy) is 1. The Hall–Kier alpha value is -1.80. The van der Waals surface area contributed by atoms with E-state index in [1.807, 2.05) is 13.8 Å². The van der Waals surface area contributed by atoms with Crippen molar-refractivity contribution in [1.82, 2.24) is 15.0 Å². The van der Waals surface area contributed by atoms with Gasteiger partial charge in [-0.25, -0.2) is 0 Å². The van der Waals surface area contributed by atoms with Gasteiger partial charge in [0, 0.05) is 20.0 Å². The molecule has 1 heterocycles. The molecule has 0 aliphatic rings. The van der Waals surface area contributed by atoms with E-state index in [2.05, 4.69) is 25.6 Å². The molecule has 0 saturated carbocycles. The highest BCUT2D eigenvalue weighted by molar-refractivity contribution is 5.35. The quantitative estimate of drug-likeness (QED) is 0.720. The smallest absolute Gasteiger partial charge is 0.389 e. The van der Waals surface area contributed by atoms with Crippen molar-refractivity contribution in [2.45, 2.75) is 45.4 Å². The van der Waals surface area contributed by atoms with Crippen molar-refractivity contribution < 1.29 is 17.9 Å². The Kier molecular flexibility index (Phi) is 6.44. The maximum atomic E-state index is 12.0. The molecule has 0 radical (unpaired) electrons. The topological polar surface area (TPSA) is 72.0 Å². The highest BCUT2D eigenvalue weighted by atomic mass is 19.4. The van der Waals surface area contributed by atoms with Gasteiger partial charge in [0.05, 0.1) is 6.10 Å². The maximum Gasteiger partial charge on any atom is 0.389 e. The minimum Gasteiger partial charge on any atom is -0.461 e. The Balaban J connectivity index is 2.50. The predicted molar refractivity (Wildman–Crippen MR) is 73.5 cm³/mol. The van der Waals surface area contributed by atoms with Gasteiger partial charge in [-0.15, -0.1) is 0 Å². The number of anilines is 2. The highest BCUT2D eigenvalue weighted by Crippen LogP contribution is 2.22. The van der Waals surface area contributed by atoms with Crippen molar-refractivity contribution in [3.63, 3.8) is 0 Å². The normalized spacial score (nSPS) is 11.6. The van der Waals surface area contributed by atoms with Crippen molar-refractivity contribution in [3.8, 4) is 6.01 Å². The van der Waals surface area contributed by atoms with Gasteiger partial charge in [-0.05, 0) is 26.7 Å². The van der Waals surface area contributed by atoms with Crippen LogP contribution in [0, 0.1) is 0 Å². The van der Waals surface area contributed by atoms with E-state index in [9.17, 15) is 13.2 Å². The second-order valence-electron chi connectivity index (χ2n) is 4.68. The third kappa shape index (κ3) is 7.52. The summed E-state index contributed by atoms with van der Waals surface area (Å²) in [5.74, 6) is 0.607. The van der Waals surface area contributed by atoms with E-state index in [1.165, 1.54) is 0 Å². The van der Waals surface area contributed by atoms with Crippen LogP contribution >= 0.6 is 0 Å². The van der Waals surface area contributed by atoms with Crippen LogP contribution in [0.4, 0.5) is 25.1 Å². The molecule has 0 atom stereocenters. The first-order chi connectivity index (χ1) is 9.80. The number of halogens is 3. The Morgan fingerprint density at radius 1 is 1.10 bits per heavy atom. The molecule has 2 N–H and O–H groups in total. The first-order valence-electron chi connectivity index (χ1n) is 6.71. The number of rotatable bonds is 8. The standard InChI is InChI=1S/C12H20F3N5O/c1-8(2)21-11-19-9(16-3)18-10(20-11)17-7-5-4-6-12(13,14)15/h8H,4-7H2,1-3H3,(H2,16,17,18,19,20). The molecule has 0 aromatic carbocycles. The maximum absolute atomic E-state index is 12.0. The second-order valence-corrected chi connectivity index (χ2v) is 4.68. The average molecular weight is 307 g/mol. The van der Waals surface area contributed by atoms with Crippen LogP contribution in [0.3, 0.4) is 0 Å². The first kappa shape index (κ1) is 17.3. The zero-order chi connectivity index (χ0) is 15.9. The Labute approximate surface area is 121 Å². The lowest BCUT2D eigenvalue weighted by Gasteiger charge is -2.11. The van der Waals surface area contributed by atoms with Crippen LogP contribution in [0.2, 0.25) is 0 Å². The SMILES string of the molecule is CNc1nc(NCCCCC(F)(F)F)nc(OC(C)C)n1. The molecule has 1 aromatic rings. The number of aromatic nitrogens is 3. The minimum absolute atomic E-state index is 0.0653. The molecule has 1 aromatic heterocycles. The van der Waals surface area contributed by atoms with E-state index in [4.69, 9.17) is 4.74 Å². The van der Waals surface area contributed by atoms with Crippen molar-refractivity contribution in [1.29, 1.82) is 0 Å². The Morgan fingerprint density at radius 3 is 2.33 bits per heavy atom. The molecule has 6 nitrogen and oxygen atoms in total. The molecule has 120 valence electrons. The van der Waals surface area contributed by atoms with Crippen LogP contribution in [0.25, 0.3) is 0 Å². The Morgan fingerprint density at radius 2 is 1.76 bits per heavy atom. The zero-order valence-corrected chi connectivity index (χ0v) is 12.3. The van der Waals surface area contributed by atoms with Crippen LogP contribution in [-0.2, 0) is 0 Å². The molecule has 0 fully saturated rings. The van der Waals surface area contributed by atoms with Crippen LogP contribution in [-0.4, -0.2) is 40.8 Å². The van der Waals surface area contributed by atoms with Gasteiger partial charge in [0.1, 0.15) is 0 Å². The van der Waals surface area contributed by atoms with E-state index in [-0.39, 0.29) is 24.5 Å². The lowest BCUT2D eigenvalue weighted by molar-refractivity contribution is -0.135. The highest BCUT2D eigenvalue weighted by Gasteiger charge is 2.25. The van der Waals surface area contributed by atoms with E-state index >= 15 is 0 Å². The summed E-state index contributed by atoms with van der Waals surface area (Å²) >= 11 is 0. The number of unbranched alkanes of at least 4 members (excludes halogenated alkanes) is 1. The lowest BCUT2D eigenvalue weighted by atomic mass is 10.2. The fourth-order valence-corrected chi connectivity index (χ4v) is 1.46. The van der Waals surface area contributed by atoms with Crippen molar-refractivity contribution >= 4 is 11.9 Å². The van der Waals surface area contributed by atoms with Gasteiger partial charge >= 0.3 is 12.2 Å². The summed E-state index contributed by atoms with van der Waals surface area (Å²) in [5, 5.41) is 5.64. The molecular weight excluding hydrogens is 287 g/mol. The van der Waals surface area contributed by atoms with E-state index in [0.717, 1.165) is 0 Å². The summed E-state index contributed by atoms with van der Waals surface area (Å²) in [6.45, 7) is 4.03. The molecule has 0 amide bonds. The van der Waals surface area contributed by atoms with Crippen LogP contribution in [0.15, 0.2) is 0 Å². The summed E-state index contributed by atoms with van der Waals surface area (Å²) in [7, 11) is 1.65. The lowest BCUT2D eigenvalue weighted by Crippen LogP contribution is -2.14. The van der Waals surface area contributed by atoms with Crippen LogP contribution < -0.4 is 15.4 Å². The fraction of sp³-hybridized carbons (Fsp3) is 0.750. The summed E-state index contributed by atoms with van der Waals surface area (Å²) in [6.07, 6.45) is -4.53. The number of alkyl halides is 3. The third-order valence-electron chi connectivity index (χ3n) is 2.35. The number of nitrogens with zero attached hydrogens (tertiary/aromatic N) is 3. The summed E-state index contributed by atoms with van der Waals surface area (Å²) in [5.41, 5.74) is 0. The summed E-state index contributed by atoms with van der Waals surface area (Å²) in [6, 6.07) is 0.169. The first-order valence-corrected chi connectivity index (χ1v) is 6.71. The van der Waals surface area contributed by atoms with Crippen LogP contribution in [0.1, 0.15) is 33.1 Å². The third-order valence-corrected chi connectivity index (χ3v) is 2.35.